The first-order valence-corrected chi connectivity index (χ1v) is 6.67. The van der Waals surface area contributed by atoms with E-state index < -0.39 is 0 Å². The van der Waals surface area contributed by atoms with Gasteiger partial charge in [-0.3, -0.25) is 0 Å². The lowest BCUT2D eigenvalue weighted by Crippen LogP contribution is -2.19. The van der Waals surface area contributed by atoms with Gasteiger partial charge in [-0.2, -0.15) is 0 Å². The van der Waals surface area contributed by atoms with E-state index in [0.29, 0.717) is 19.1 Å². The molecule has 1 aromatic rings. The summed E-state index contributed by atoms with van der Waals surface area (Å²) in [5.41, 5.74) is 0.922. The lowest BCUT2D eigenvalue weighted by molar-refractivity contribution is 0.0702. The van der Waals surface area contributed by atoms with E-state index in [9.17, 15) is 4.39 Å². The number of rotatable bonds is 8. The highest BCUT2D eigenvalue weighted by Crippen LogP contribution is 2.18. The molecule has 1 aromatic carbocycles. The third-order valence-electron chi connectivity index (χ3n) is 2.75. The zero-order valence-corrected chi connectivity index (χ0v) is 12.2. The molecule has 0 aromatic heterocycles. The highest BCUT2D eigenvalue weighted by atomic mass is 19.1. The Kier molecular flexibility index (Phi) is 6.81. The molecule has 0 heterocycles. The summed E-state index contributed by atoms with van der Waals surface area (Å²) in [5, 5.41) is 3.28. The third kappa shape index (κ3) is 6.03. The van der Waals surface area contributed by atoms with Crippen LogP contribution in [-0.2, 0) is 11.3 Å². The van der Waals surface area contributed by atoms with E-state index in [4.69, 9.17) is 9.47 Å². The van der Waals surface area contributed by atoms with Gasteiger partial charge in [0, 0.05) is 13.7 Å². The first-order valence-electron chi connectivity index (χ1n) is 6.67. The van der Waals surface area contributed by atoms with Crippen molar-refractivity contribution in [3.8, 4) is 5.75 Å². The number of nitrogens with one attached hydrogen (secondary N) is 1. The number of ether oxygens (including phenoxy) is 2. The van der Waals surface area contributed by atoms with Gasteiger partial charge in [-0.05, 0) is 37.1 Å². The molecular weight excluding hydrogens is 245 g/mol. The monoisotopic (exact) mass is 269 g/mol. The molecule has 1 unspecified atom stereocenters. The number of hydrogen-bond donors (Lipinski definition) is 1. The molecule has 0 saturated carbocycles. The summed E-state index contributed by atoms with van der Waals surface area (Å²) < 4.78 is 24.2. The summed E-state index contributed by atoms with van der Waals surface area (Å²) in [4.78, 5) is 0. The van der Waals surface area contributed by atoms with Crippen LogP contribution in [0.4, 0.5) is 4.39 Å². The van der Waals surface area contributed by atoms with Crippen LogP contribution in [0, 0.1) is 11.7 Å². The predicted molar refractivity (Wildman–Crippen MR) is 74.9 cm³/mol. The van der Waals surface area contributed by atoms with Gasteiger partial charge in [-0.15, -0.1) is 0 Å². The van der Waals surface area contributed by atoms with Gasteiger partial charge < -0.3 is 14.8 Å². The second kappa shape index (κ2) is 8.12. The molecule has 0 aliphatic rings. The quantitative estimate of drug-likeness (QED) is 0.787. The Morgan fingerprint density at radius 1 is 1.26 bits per heavy atom. The smallest absolute Gasteiger partial charge is 0.165 e. The number of methoxy groups -OCH3 is 1. The standard InChI is InChI=1S/C15H24FNO2/c1-11(2)8-17-9-13-5-6-15(14(16)7-13)19-10-12(3)18-4/h5-7,11-12,17H,8-10H2,1-4H3. The topological polar surface area (TPSA) is 30.5 Å². The Balaban J connectivity index is 2.49. The van der Waals surface area contributed by atoms with Crippen molar-refractivity contribution in [3.05, 3.63) is 29.6 Å². The third-order valence-corrected chi connectivity index (χ3v) is 2.75. The van der Waals surface area contributed by atoms with Crippen molar-refractivity contribution in [1.82, 2.24) is 5.32 Å². The molecule has 0 amide bonds. The molecule has 0 fully saturated rings. The molecule has 1 rings (SSSR count). The van der Waals surface area contributed by atoms with E-state index in [1.807, 2.05) is 13.0 Å². The van der Waals surface area contributed by atoms with Gasteiger partial charge in [0.25, 0.3) is 0 Å². The first-order chi connectivity index (χ1) is 9.02. The molecule has 19 heavy (non-hydrogen) atoms. The Morgan fingerprint density at radius 3 is 2.58 bits per heavy atom. The van der Waals surface area contributed by atoms with Crippen molar-refractivity contribution in [2.24, 2.45) is 5.92 Å². The molecule has 0 aliphatic heterocycles. The van der Waals surface area contributed by atoms with Gasteiger partial charge in [-0.1, -0.05) is 19.9 Å². The van der Waals surface area contributed by atoms with E-state index in [1.54, 1.807) is 13.2 Å². The van der Waals surface area contributed by atoms with Crippen molar-refractivity contribution in [3.63, 3.8) is 0 Å². The molecule has 0 radical (unpaired) electrons. The highest BCUT2D eigenvalue weighted by molar-refractivity contribution is 5.29. The van der Waals surface area contributed by atoms with Crippen molar-refractivity contribution >= 4 is 0 Å². The van der Waals surface area contributed by atoms with Gasteiger partial charge in [-0.25, -0.2) is 4.39 Å². The molecule has 1 atom stereocenters. The van der Waals surface area contributed by atoms with Gasteiger partial charge in [0.1, 0.15) is 6.61 Å². The van der Waals surface area contributed by atoms with Crippen LogP contribution in [0.15, 0.2) is 18.2 Å². The number of halogens is 1. The summed E-state index contributed by atoms with van der Waals surface area (Å²) in [6, 6.07) is 5.06. The minimum Gasteiger partial charge on any atom is -0.488 e. The van der Waals surface area contributed by atoms with E-state index >= 15 is 0 Å². The Morgan fingerprint density at radius 2 is 2.00 bits per heavy atom. The van der Waals surface area contributed by atoms with Crippen LogP contribution >= 0.6 is 0 Å². The van der Waals surface area contributed by atoms with Crippen LogP contribution in [0.2, 0.25) is 0 Å². The van der Waals surface area contributed by atoms with Gasteiger partial charge in [0.15, 0.2) is 11.6 Å². The molecule has 0 spiro atoms. The molecule has 0 saturated heterocycles. The average molecular weight is 269 g/mol. The first kappa shape index (κ1) is 15.9. The van der Waals surface area contributed by atoms with Crippen LogP contribution in [0.1, 0.15) is 26.3 Å². The minimum absolute atomic E-state index is 0.0493. The van der Waals surface area contributed by atoms with Gasteiger partial charge in [0.05, 0.1) is 6.10 Å². The number of benzene rings is 1. The minimum atomic E-state index is -0.327. The second-order valence-corrected chi connectivity index (χ2v) is 5.15. The number of hydrogen-bond acceptors (Lipinski definition) is 3. The Bertz CT molecular complexity index is 382. The lowest BCUT2D eigenvalue weighted by Gasteiger charge is -2.13. The molecule has 0 aliphatic carbocycles. The maximum Gasteiger partial charge on any atom is 0.165 e. The van der Waals surface area contributed by atoms with E-state index in [2.05, 4.69) is 19.2 Å². The van der Waals surface area contributed by atoms with Crippen molar-refractivity contribution in [2.75, 3.05) is 20.3 Å². The predicted octanol–water partition coefficient (Wildman–Crippen LogP) is 2.99. The van der Waals surface area contributed by atoms with E-state index in [1.165, 1.54) is 6.07 Å². The fourth-order valence-corrected chi connectivity index (χ4v) is 1.55. The fraction of sp³-hybridized carbons (Fsp3) is 0.600. The molecule has 1 N–H and O–H groups in total. The molecule has 4 heteroatoms. The summed E-state index contributed by atoms with van der Waals surface area (Å²) in [6.45, 7) is 8.10. The largest absolute Gasteiger partial charge is 0.488 e. The summed E-state index contributed by atoms with van der Waals surface area (Å²) >= 11 is 0. The maximum atomic E-state index is 13.8. The van der Waals surface area contributed by atoms with Gasteiger partial charge >= 0.3 is 0 Å². The lowest BCUT2D eigenvalue weighted by atomic mass is 10.2. The molecule has 3 nitrogen and oxygen atoms in total. The highest BCUT2D eigenvalue weighted by Gasteiger charge is 2.07. The molecular formula is C15H24FNO2. The van der Waals surface area contributed by atoms with Crippen LogP contribution < -0.4 is 10.1 Å². The second-order valence-electron chi connectivity index (χ2n) is 5.15. The van der Waals surface area contributed by atoms with Crippen LogP contribution in [0.25, 0.3) is 0 Å². The zero-order chi connectivity index (χ0) is 14.3. The normalized spacial score (nSPS) is 12.7. The maximum absolute atomic E-state index is 13.8. The molecule has 108 valence electrons. The molecule has 0 bridgehead atoms. The zero-order valence-electron chi connectivity index (χ0n) is 12.2. The van der Waals surface area contributed by atoms with Crippen molar-refractivity contribution in [2.45, 2.75) is 33.4 Å². The average Bonchev–Trinajstić information content (AvgIpc) is 2.37. The Labute approximate surface area is 115 Å². The van der Waals surface area contributed by atoms with Gasteiger partial charge in [0.2, 0.25) is 0 Å². The van der Waals surface area contributed by atoms with Crippen LogP contribution in [0.3, 0.4) is 0 Å². The Hall–Kier alpha value is -1.13. The summed E-state index contributed by atoms with van der Waals surface area (Å²) in [7, 11) is 1.61. The SMILES string of the molecule is COC(C)COc1ccc(CNCC(C)C)cc1F. The summed E-state index contributed by atoms with van der Waals surface area (Å²) in [5.74, 6) is 0.534. The van der Waals surface area contributed by atoms with E-state index in [-0.39, 0.29) is 17.7 Å². The van der Waals surface area contributed by atoms with E-state index in [0.717, 1.165) is 12.1 Å². The van der Waals surface area contributed by atoms with Crippen molar-refractivity contribution < 1.29 is 13.9 Å². The van der Waals surface area contributed by atoms with Crippen LogP contribution in [0.5, 0.6) is 5.75 Å². The summed E-state index contributed by atoms with van der Waals surface area (Å²) in [6.07, 6.45) is -0.0493. The van der Waals surface area contributed by atoms with Crippen LogP contribution in [-0.4, -0.2) is 26.4 Å². The fourth-order valence-electron chi connectivity index (χ4n) is 1.55. The van der Waals surface area contributed by atoms with Crippen molar-refractivity contribution in [1.29, 1.82) is 0 Å².